The second kappa shape index (κ2) is 6.28. The summed E-state index contributed by atoms with van der Waals surface area (Å²) in [5, 5.41) is 9.82. The molecule has 2 rings (SSSR count). The van der Waals surface area contributed by atoms with Crippen LogP contribution in [-0.4, -0.2) is 26.7 Å². The molecule has 20 heavy (non-hydrogen) atoms. The predicted molar refractivity (Wildman–Crippen MR) is 73.6 cm³/mol. The summed E-state index contributed by atoms with van der Waals surface area (Å²) < 4.78 is 1.34. The highest BCUT2D eigenvalue weighted by molar-refractivity contribution is 6.03. The molecule has 102 valence electrons. The van der Waals surface area contributed by atoms with Gasteiger partial charge >= 0.3 is 0 Å². The molecular weight excluding hydrogens is 258 g/mol. The number of anilines is 1. The lowest BCUT2D eigenvalue weighted by atomic mass is 10.2. The maximum Gasteiger partial charge on any atom is 0.270 e. The Labute approximate surface area is 115 Å². The Morgan fingerprint density at radius 3 is 2.70 bits per heavy atom. The SMILES string of the molecule is C/C=C/C(=O)Nc1cccc(C(=O)Nn2cnnc2)c1. The fourth-order valence-corrected chi connectivity index (χ4v) is 1.51. The van der Waals surface area contributed by atoms with Gasteiger partial charge in [-0.25, -0.2) is 4.68 Å². The highest BCUT2D eigenvalue weighted by atomic mass is 16.2. The molecule has 0 saturated carbocycles. The molecule has 2 aromatic rings. The summed E-state index contributed by atoms with van der Waals surface area (Å²) in [6.07, 6.45) is 5.78. The van der Waals surface area contributed by atoms with Crippen molar-refractivity contribution in [3.05, 3.63) is 54.6 Å². The van der Waals surface area contributed by atoms with Crippen LogP contribution in [0, 0.1) is 0 Å². The second-order valence-corrected chi connectivity index (χ2v) is 3.88. The molecule has 7 nitrogen and oxygen atoms in total. The number of rotatable bonds is 4. The molecule has 1 heterocycles. The molecule has 0 bridgehead atoms. The molecule has 2 amide bonds. The van der Waals surface area contributed by atoms with Gasteiger partial charge in [0.05, 0.1) is 0 Å². The van der Waals surface area contributed by atoms with Gasteiger partial charge in [0.25, 0.3) is 5.91 Å². The smallest absolute Gasteiger partial charge is 0.270 e. The van der Waals surface area contributed by atoms with Crippen molar-refractivity contribution < 1.29 is 9.59 Å². The Bertz CT molecular complexity index is 634. The average Bonchev–Trinajstić information content (AvgIpc) is 2.92. The molecule has 0 aliphatic heterocycles. The van der Waals surface area contributed by atoms with Crippen molar-refractivity contribution >= 4 is 17.5 Å². The van der Waals surface area contributed by atoms with Gasteiger partial charge in [0.15, 0.2) is 0 Å². The van der Waals surface area contributed by atoms with Crippen molar-refractivity contribution in [2.75, 3.05) is 10.7 Å². The summed E-state index contributed by atoms with van der Waals surface area (Å²) in [6.45, 7) is 1.75. The van der Waals surface area contributed by atoms with Gasteiger partial charge in [-0.3, -0.25) is 15.0 Å². The number of nitrogens with one attached hydrogen (secondary N) is 2. The first kappa shape index (κ1) is 13.5. The van der Waals surface area contributed by atoms with Crippen LogP contribution >= 0.6 is 0 Å². The van der Waals surface area contributed by atoms with Gasteiger partial charge in [0, 0.05) is 11.3 Å². The van der Waals surface area contributed by atoms with Crippen molar-refractivity contribution in [2.45, 2.75) is 6.92 Å². The maximum atomic E-state index is 12.0. The molecule has 0 spiro atoms. The number of allylic oxidation sites excluding steroid dienone is 1. The second-order valence-electron chi connectivity index (χ2n) is 3.88. The summed E-state index contributed by atoms with van der Waals surface area (Å²) >= 11 is 0. The van der Waals surface area contributed by atoms with Gasteiger partial charge in [0.2, 0.25) is 5.91 Å². The molecule has 0 fully saturated rings. The number of hydrogen-bond acceptors (Lipinski definition) is 4. The molecule has 0 radical (unpaired) electrons. The number of benzene rings is 1. The van der Waals surface area contributed by atoms with E-state index in [9.17, 15) is 9.59 Å². The average molecular weight is 271 g/mol. The third-order valence-corrected chi connectivity index (χ3v) is 2.36. The Hall–Kier alpha value is -2.96. The quantitative estimate of drug-likeness (QED) is 0.817. The van der Waals surface area contributed by atoms with Crippen LogP contribution in [0.3, 0.4) is 0 Å². The fourth-order valence-electron chi connectivity index (χ4n) is 1.51. The zero-order valence-electron chi connectivity index (χ0n) is 10.8. The standard InChI is InChI=1S/C13H13N5O2/c1-2-4-12(19)16-11-6-3-5-10(7-11)13(20)17-18-8-14-15-9-18/h2-9H,1H3,(H,16,19)(H,17,20)/b4-2+. The number of carbonyl (C=O) groups excluding carboxylic acids is 2. The van der Waals surface area contributed by atoms with Crippen LogP contribution in [0.1, 0.15) is 17.3 Å². The van der Waals surface area contributed by atoms with E-state index in [1.165, 1.54) is 23.4 Å². The van der Waals surface area contributed by atoms with Crippen LogP contribution in [0.5, 0.6) is 0 Å². The molecule has 0 aliphatic carbocycles. The number of hydrogen-bond donors (Lipinski definition) is 2. The zero-order valence-corrected chi connectivity index (χ0v) is 10.8. The van der Waals surface area contributed by atoms with E-state index in [0.717, 1.165) is 0 Å². The first-order chi connectivity index (χ1) is 9.69. The largest absolute Gasteiger partial charge is 0.322 e. The first-order valence-corrected chi connectivity index (χ1v) is 5.89. The molecule has 0 saturated heterocycles. The summed E-state index contributed by atoms with van der Waals surface area (Å²) in [4.78, 5) is 23.4. The normalized spacial score (nSPS) is 10.4. The van der Waals surface area contributed by atoms with Crippen molar-refractivity contribution in [1.82, 2.24) is 14.9 Å². The van der Waals surface area contributed by atoms with Crippen LogP contribution in [0.4, 0.5) is 5.69 Å². The molecule has 0 aliphatic rings. The molecule has 0 unspecified atom stereocenters. The van der Waals surface area contributed by atoms with Gasteiger partial charge in [-0.05, 0) is 31.2 Å². The Morgan fingerprint density at radius 2 is 2.00 bits per heavy atom. The van der Waals surface area contributed by atoms with Crippen LogP contribution in [0.25, 0.3) is 0 Å². The number of amides is 2. The molecule has 1 aromatic heterocycles. The van der Waals surface area contributed by atoms with E-state index in [1.807, 2.05) is 0 Å². The lowest BCUT2D eigenvalue weighted by molar-refractivity contribution is -0.111. The van der Waals surface area contributed by atoms with E-state index in [2.05, 4.69) is 20.9 Å². The third kappa shape index (κ3) is 3.52. The van der Waals surface area contributed by atoms with Crippen LogP contribution in [0.2, 0.25) is 0 Å². The minimum Gasteiger partial charge on any atom is -0.322 e. The van der Waals surface area contributed by atoms with E-state index >= 15 is 0 Å². The Morgan fingerprint density at radius 1 is 1.25 bits per heavy atom. The molecule has 1 aromatic carbocycles. The van der Waals surface area contributed by atoms with Crippen LogP contribution in [0.15, 0.2) is 49.1 Å². The van der Waals surface area contributed by atoms with Crippen LogP contribution in [-0.2, 0) is 4.79 Å². The minimum absolute atomic E-state index is 0.246. The van der Waals surface area contributed by atoms with Gasteiger partial charge in [-0.15, -0.1) is 10.2 Å². The van der Waals surface area contributed by atoms with Crippen molar-refractivity contribution in [3.63, 3.8) is 0 Å². The van der Waals surface area contributed by atoms with Gasteiger partial charge in [-0.2, -0.15) is 0 Å². The van der Waals surface area contributed by atoms with E-state index in [1.54, 1.807) is 37.3 Å². The van der Waals surface area contributed by atoms with E-state index in [0.29, 0.717) is 11.3 Å². The summed E-state index contributed by atoms with van der Waals surface area (Å²) in [5.74, 6) is -0.573. The van der Waals surface area contributed by atoms with Gasteiger partial charge in [-0.1, -0.05) is 12.1 Å². The molecule has 7 heteroatoms. The fraction of sp³-hybridized carbons (Fsp3) is 0.0769. The van der Waals surface area contributed by atoms with Crippen molar-refractivity contribution in [1.29, 1.82) is 0 Å². The van der Waals surface area contributed by atoms with Gasteiger partial charge < -0.3 is 5.32 Å². The first-order valence-electron chi connectivity index (χ1n) is 5.89. The topological polar surface area (TPSA) is 88.9 Å². The summed E-state index contributed by atoms with van der Waals surface area (Å²) in [6, 6.07) is 6.62. The predicted octanol–water partition coefficient (Wildman–Crippen LogP) is 1.18. The molecule has 0 atom stereocenters. The van der Waals surface area contributed by atoms with Gasteiger partial charge in [0.1, 0.15) is 12.7 Å². The van der Waals surface area contributed by atoms with Crippen molar-refractivity contribution in [2.24, 2.45) is 0 Å². The third-order valence-electron chi connectivity index (χ3n) is 2.36. The highest BCUT2D eigenvalue weighted by Gasteiger charge is 2.07. The molecule has 2 N–H and O–H groups in total. The molecular formula is C13H13N5O2. The lowest BCUT2D eigenvalue weighted by Gasteiger charge is -2.07. The number of nitrogens with zero attached hydrogens (tertiary/aromatic N) is 3. The number of aromatic nitrogens is 3. The minimum atomic E-state index is -0.327. The number of carbonyl (C=O) groups is 2. The van der Waals surface area contributed by atoms with E-state index in [4.69, 9.17) is 0 Å². The maximum absolute atomic E-state index is 12.0. The van der Waals surface area contributed by atoms with E-state index in [-0.39, 0.29) is 11.8 Å². The Kier molecular flexibility index (Phi) is 4.23. The Balaban J connectivity index is 2.09. The monoisotopic (exact) mass is 271 g/mol. The van der Waals surface area contributed by atoms with E-state index < -0.39 is 0 Å². The van der Waals surface area contributed by atoms with Crippen LogP contribution < -0.4 is 10.7 Å². The summed E-state index contributed by atoms with van der Waals surface area (Å²) in [7, 11) is 0. The summed E-state index contributed by atoms with van der Waals surface area (Å²) in [5.41, 5.74) is 3.53. The zero-order chi connectivity index (χ0) is 14.4. The lowest BCUT2D eigenvalue weighted by Crippen LogP contribution is -2.21. The highest BCUT2D eigenvalue weighted by Crippen LogP contribution is 2.11. The van der Waals surface area contributed by atoms with Crippen molar-refractivity contribution in [3.8, 4) is 0 Å².